The van der Waals surface area contributed by atoms with Crippen LogP contribution in [0.1, 0.15) is 10.4 Å². The molecule has 0 fully saturated rings. The number of nitrogens with one attached hydrogen (secondary N) is 2. The van der Waals surface area contributed by atoms with Gasteiger partial charge >= 0.3 is 5.97 Å². The molecule has 0 bridgehead atoms. The van der Waals surface area contributed by atoms with Gasteiger partial charge in [-0.15, -0.1) is 0 Å². The molecule has 0 aliphatic carbocycles. The van der Waals surface area contributed by atoms with Crippen LogP contribution in [0.5, 0.6) is 0 Å². The molecule has 0 radical (unpaired) electrons. The van der Waals surface area contributed by atoms with Crippen molar-refractivity contribution >= 4 is 23.3 Å². The number of rotatable bonds is 5. The van der Waals surface area contributed by atoms with Gasteiger partial charge in [0.25, 0.3) is 5.91 Å². The summed E-state index contributed by atoms with van der Waals surface area (Å²) in [6.07, 6.45) is 1.32. The molecule has 0 aromatic heterocycles. The Bertz CT molecular complexity index is 775. The average Bonchev–Trinajstić information content (AvgIpc) is 2.57. The predicted octanol–water partition coefficient (Wildman–Crippen LogP) is 2.84. The van der Waals surface area contributed by atoms with E-state index in [0.717, 1.165) is 5.69 Å². The van der Waals surface area contributed by atoms with Crippen molar-refractivity contribution in [3.8, 4) is 6.07 Å². The second kappa shape index (κ2) is 7.43. The van der Waals surface area contributed by atoms with Crippen molar-refractivity contribution in [3.63, 3.8) is 0 Å². The maximum absolute atomic E-state index is 12.0. The lowest BCUT2D eigenvalue weighted by Crippen LogP contribution is -2.14. The molecule has 114 valence electrons. The van der Waals surface area contributed by atoms with Crippen molar-refractivity contribution in [2.75, 3.05) is 10.6 Å². The van der Waals surface area contributed by atoms with Crippen LogP contribution in [0, 0.1) is 11.3 Å². The smallest absolute Gasteiger partial charge is 0.335 e. The molecule has 0 heterocycles. The third kappa shape index (κ3) is 4.44. The molecule has 0 saturated carbocycles. The quantitative estimate of drug-likeness (QED) is 0.582. The summed E-state index contributed by atoms with van der Waals surface area (Å²) < 4.78 is 0. The van der Waals surface area contributed by atoms with E-state index in [1.54, 1.807) is 12.1 Å². The van der Waals surface area contributed by atoms with Crippen LogP contribution >= 0.6 is 0 Å². The Morgan fingerprint density at radius 3 is 2.22 bits per heavy atom. The number of nitriles is 1. The number of carbonyl (C=O) groups excluding carboxylic acids is 1. The Morgan fingerprint density at radius 1 is 1.00 bits per heavy atom. The van der Waals surface area contributed by atoms with Gasteiger partial charge in [0.1, 0.15) is 11.6 Å². The number of benzene rings is 2. The molecule has 0 saturated heterocycles. The highest BCUT2D eigenvalue weighted by Gasteiger charge is 2.10. The molecule has 6 heteroatoms. The summed E-state index contributed by atoms with van der Waals surface area (Å²) in [4.78, 5) is 22.8. The lowest BCUT2D eigenvalue weighted by atomic mass is 10.2. The summed E-state index contributed by atoms with van der Waals surface area (Å²) >= 11 is 0. The van der Waals surface area contributed by atoms with E-state index in [0.29, 0.717) is 5.69 Å². The largest absolute Gasteiger partial charge is 0.478 e. The van der Waals surface area contributed by atoms with E-state index in [4.69, 9.17) is 10.4 Å². The van der Waals surface area contributed by atoms with Gasteiger partial charge in [0.15, 0.2) is 0 Å². The number of para-hydroxylation sites is 1. The van der Waals surface area contributed by atoms with Crippen LogP contribution in [-0.4, -0.2) is 17.0 Å². The van der Waals surface area contributed by atoms with Crippen LogP contribution in [0.25, 0.3) is 0 Å². The number of carboxylic acids is 1. The van der Waals surface area contributed by atoms with Crippen LogP contribution < -0.4 is 10.6 Å². The lowest BCUT2D eigenvalue weighted by molar-refractivity contribution is -0.112. The van der Waals surface area contributed by atoms with Gasteiger partial charge in [0, 0.05) is 17.6 Å². The zero-order valence-corrected chi connectivity index (χ0v) is 12.0. The molecule has 0 spiro atoms. The maximum Gasteiger partial charge on any atom is 0.335 e. The van der Waals surface area contributed by atoms with Crippen molar-refractivity contribution in [1.82, 2.24) is 0 Å². The number of amides is 1. The van der Waals surface area contributed by atoms with E-state index in [9.17, 15) is 9.59 Å². The van der Waals surface area contributed by atoms with Crippen LogP contribution in [0.3, 0.4) is 0 Å². The summed E-state index contributed by atoms with van der Waals surface area (Å²) in [6.45, 7) is 0. The summed E-state index contributed by atoms with van der Waals surface area (Å²) in [6, 6.07) is 16.6. The van der Waals surface area contributed by atoms with Gasteiger partial charge in [0.2, 0.25) is 0 Å². The molecule has 0 atom stereocenters. The molecule has 0 unspecified atom stereocenters. The second-order valence-corrected chi connectivity index (χ2v) is 4.52. The molecule has 0 aliphatic heterocycles. The van der Waals surface area contributed by atoms with Gasteiger partial charge in [-0.1, -0.05) is 18.2 Å². The second-order valence-electron chi connectivity index (χ2n) is 4.52. The third-order valence-corrected chi connectivity index (χ3v) is 2.91. The van der Waals surface area contributed by atoms with E-state index >= 15 is 0 Å². The summed E-state index contributed by atoms with van der Waals surface area (Å²) in [5.41, 5.74) is 1.17. The zero-order chi connectivity index (χ0) is 16.7. The average molecular weight is 307 g/mol. The first-order chi connectivity index (χ1) is 11.1. The molecule has 2 aromatic carbocycles. The van der Waals surface area contributed by atoms with Crippen molar-refractivity contribution in [2.45, 2.75) is 0 Å². The fourth-order valence-corrected chi connectivity index (χ4v) is 1.73. The van der Waals surface area contributed by atoms with Crippen LogP contribution in [0.2, 0.25) is 0 Å². The van der Waals surface area contributed by atoms with Crippen molar-refractivity contribution in [2.24, 2.45) is 0 Å². The van der Waals surface area contributed by atoms with E-state index < -0.39 is 11.9 Å². The Labute approximate surface area is 132 Å². The third-order valence-electron chi connectivity index (χ3n) is 2.91. The minimum absolute atomic E-state index is 0.101. The van der Waals surface area contributed by atoms with Crippen LogP contribution in [0.4, 0.5) is 11.4 Å². The molecule has 0 aliphatic rings. The number of aromatic carboxylic acids is 1. The van der Waals surface area contributed by atoms with Gasteiger partial charge in [-0.3, -0.25) is 4.79 Å². The van der Waals surface area contributed by atoms with Crippen molar-refractivity contribution < 1.29 is 14.7 Å². The Morgan fingerprint density at radius 2 is 1.65 bits per heavy atom. The Hall–Kier alpha value is -3.59. The van der Waals surface area contributed by atoms with Gasteiger partial charge in [-0.25, -0.2) is 4.79 Å². The van der Waals surface area contributed by atoms with E-state index in [1.807, 2.05) is 24.3 Å². The highest BCUT2D eigenvalue weighted by atomic mass is 16.4. The topological polar surface area (TPSA) is 102 Å². The molecule has 23 heavy (non-hydrogen) atoms. The van der Waals surface area contributed by atoms with Crippen LogP contribution in [0.15, 0.2) is 66.4 Å². The predicted molar refractivity (Wildman–Crippen MR) is 85.8 cm³/mol. The summed E-state index contributed by atoms with van der Waals surface area (Å²) in [5.74, 6) is -1.63. The number of hydrogen-bond donors (Lipinski definition) is 3. The van der Waals surface area contributed by atoms with Gasteiger partial charge in [-0.05, 0) is 36.4 Å². The van der Waals surface area contributed by atoms with Crippen molar-refractivity contribution in [1.29, 1.82) is 5.26 Å². The first-order valence-electron chi connectivity index (χ1n) is 6.66. The van der Waals surface area contributed by atoms with Gasteiger partial charge in [-0.2, -0.15) is 5.26 Å². The fourth-order valence-electron chi connectivity index (χ4n) is 1.73. The number of carboxylic acid groups (broad SMARTS) is 1. The maximum atomic E-state index is 12.0. The fraction of sp³-hybridized carbons (Fsp3) is 0. The molecule has 2 rings (SSSR count). The summed E-state index contributed by atoms with van der Waals surface area (Å²) in [5, 5.41) is 23.3. The van der Waals surface area contributed by atoms with Crippen LogP contribution in [-0.2, 0) is 4.79 Å². The molecule has 3 N–H and O–H groups in total. The molecule has 1 amide bonds. The highest BCUT2D eigenvalue weighted by molar-refractivity contribution is 6.06. The van der Waals surface area contributed by atoms with Crippen molar-refractivity contribution in [3.05, 3.63) is 71.9 Å². The monoisotopic (exact) mass is 307 g/mol. The Kier molecular flexibility index (Phi) is 5.10. The molecular formula is C17H13N3O3. The number of anilines is 2. The number of carbonyl (C=O) groups is 2. The molecule has 6 nitrogen and oxygen atoms in total. The standard InChI is InChI=1S/C17H13N3O3/c18-10-13(11-19-14-4-2-1-3-5-14)16(21)20-15-8-6-12(7-9-15)17(22)23/h1-9,11,19H,(H,20,21)(H,22,23)/b13-11-. The van der Waals surface area contributed by atoms with E-state index in [-0.39, 0.29) is 11.1 Å². The zero-order valence-electron chi connectivity index (χ0n) is 12.0. The molecular weight excluding hydrogens is 294 g/mol. The Balaban J connectivity index is 2.05. The SMILES string of the molecule is N#C/C(=C/Nc1ccccc1)C(=O)Nc1ccc(C(=O)O)cc1. The number of nitrogens with zero attached hydrogens (tertiary/aromatic N) is 1. The summed E-state index contributed by atoms with van der Waals surface area (Å²) in [7, 11) is 0. The molecule has 2 aromatic rings. The van der Waals surface area contributed by atoms with E-state index in [1.165, 1.54) is 30.5 Å². The minimum Gasteiger partial charge on any atom is -0.478 e. The first kappa shape index (κ1) is 15.8. The van der Waals surface area contributed by atoms with Gasteiger partial charge < -0.3 is 15.7 Å². The number of hydrogen-bond acceptors (Lipinski definition) is 4. The van der Waals surface area contributed by atoms with Gasteiger partial charge in [0.05, 0.1) is 5.56 Å². The lowest BCUT2D eigenvalue weighted by Gasteiger charge is -2.05. The normalized spacial score (nSPS) is 10.5. The highest BCUT2D eigenvalue weighted by Crippen LogP contribution is 2.11. The first-order valence-corrected chi connectivity index (χ1v) is 6.66. The minimum atomic E-state index is -1.05. The van der Waals surface area contributed by atoms with E-state index in [2.05, 4.69) is 10.6 Å².